The van der Waals surface area contributed by atoms with Crippen molar-refractivity contribution in [3.8, 4) is 0 Å². The van der Waals surface area contributed by atoms with Crippen molar-refractivity contribution in [3.63, 3.8) is 0 Å². The highest BCUT2D eigenvalue weighted by Crippen LogP contribution is 2.35. The van der Waals surface area contributed by atoms with Crippen LogP contribution in [0.2, 0.25) is 0 Å². The number of H-pyrrole nitrogens is 2. The molecule has 3 heterocycles. The Morgan fingerprint density at radius 2 is 2.21 bits per heavy atom. The zero-order valence-electron chi connectivity index (χ0n) is 13.8. The second-order valence-corrected chi connectivity index (χ2v) is 6.36. The minimum atomic E-state index is -0.156. The summed E-state index contributed by atoms with van der Waals surface area (Å²) in [4.78, 5) is 23.9. The lowest BCUT2D eigenvalue weighted by atomic mass is 10.0. The SMILES string of the molecule is CN(C)c1cccc([C@@H]2CCCN2c2nc3[nH]ncc3c(=O)[nH]2)c1. The van der Waals surface area contributed by atoms with E-state index >= 15 is 0 Å². The number of anilines is 2. The van der Waals surface area contributed by atoms with Crippen LogP contribution >= 0.6 is 0 Å². The lowest BCUT2D eigenvalue weighted by Crippen LogP contribution is -2.27. The number of hydrogen-bond acceptors (Lipinski definition) is 5. The molecule has 1 atom stereocenters. The smallest absolute Gasteiger partial charge is 0.263 e. The molecule has 3 aromatic rings. The molecular formula is C17H20N6O. The average molecular weight is 324 g/mol. The molecule has 0 unspecified atom stereocenters. The number of aromatic amines is 2. The van der Waals surface area contributed by atoms with Gasteiger partial charge in [-0.15, -0.1) is 0 Å². The van der Waals surface area contributed by atoms with Crippen molar-refractivity contribution in [3.05, 3.63) is 46.4 Å². The Bertz CT molecular complexity index is 928. The first-order valence-electron chi connectivity index (χ1n) is 8.11. The molecule has 0 saturated carbocycles. The first-order chi connectivity index (χ1) is 11.6. The van der Waals surface area contributed by atoms with E-state index in [1.54, 1.807) is 0 Å². The Kier molecular flexibility index (Phi) is 3.48. The maximum absolute atomic E-state index is 12.2. The van der Waals surface area contributed by atoms with E-state index in [1.807, 2.05) is 14.1 Å². The molecule has 7 nitrogen and oxygen atoms in total. The van der Waals surface area contributed by atoms with Crippen molar-refractivity contribution in [1.29, 1.82) is 0 Å². The monoisotopic (exact) mass is 324 g/mol. The summed E-state index contributed by atoms with van der Waals surface area (Å²) in [6, 6.07) is 8.74. The minimum absolute atomic E-state index is 0.156. The molecule has 124 valence electrons. The zero-order valence-corrected chi connectivity index (χ0v) is 13.8. The molecule has 0 amide bonds. The standard InChI is InChI=1S/C17H20N6O/c1-22(2)12-6-3-5-11(9-12)14-7-4-8-23(14)17-19-15-13(10-18-21-15)16(24)20-17/h3,5-6,9-10,14H,4,7-8H2,1-2H3,(H2,18,19,20,21,24)/t14-/m0/s1. The number of hydrogen-bond donors (Lipinski definition) is 2. The normalized spacial score (nSPS) is 17.6. The molecule has 2 N–H and O–H groups in total. The Morgan fingerprint density at radius 3 is 3.04 bits per heavy atom. The molecular weight excluding hydrogens is 304 g/mol. The lowest BCUT2D eigenvalue weighted by molar-refractivity contribution is 0.702. The third-order valence-electron chi connectivity index (χ3n) is 4.60. The van der Waals surface area contributed by atoms with Gasteiger partial charge in [-0.05, 0) is 30.5 Å². The van der Waals surface area contributed by atoms with Crippen LogP contribution in [-0.2, 0) is 0 Å². The van der Waals surface area contributed by atoms with Gasteiger partial charge in [0.25, 0.3) is 5.56 Å². The summed E-state index contributed by atoms with van der Waals surface area (Å²) < 4.78 is 0. The van der Waals surface area contributed by atoms with Crippen LogP contribution < -0.4 is 15.4 Å². The number of nitrogens with one attached hydrogen (secondary N) is 2. The summed E-state index contributed by atoms with van der Waals surface area (Å²) in [5, 5.41) is 7.18. The van der Waals surface area contributed by atoms with E-state index in [1.165, 1.54) is 17.4 Å². The summed E-state index contributed by atoms with van der Waals surface area (Å²) in [5.41, 5.74) is 2.79. The van der Waals surface area contributed by atoms with Crippen LogP contribution in [0.1, 0.15) is 24.4 Å². The molecule has 2 aromatic heterocycles. The predicted molar refractivity (Wildman–Crippen MR) is 94.6 cm³/mol. The molecule has 1 fully saturated rings. The van der Waals surface area contributed by atoms with Gasteiger partial charge in [0.2, 0.25) is 5.95 Å². The van der Waals surface area contributed by atoms with Gasteiger partial charge in [0.1, 0.15) is 5.39 Å². The zero-order chi connectivity index (χ0) is 16.7. The lowest BCUT2D eigenvalue weighted by Gasteiger charge is -2.26. The van der Waals surface area contributed by atoms with Gasteiger partial charge in [-0.25, -0.2) is 0 Å². The molecule has 0 spiro atoms. The molecule has 0 radical (unpaired) electrons. The van der Waals surface area contributed by atoms with E-state index in [4.69, 9.17) is 0 Å². The highest BCUT2D eigenvalue weighted by Gasteiger charge is 2.28. The molecule has 4 rings (SSSR count). The first kappa shape index (κ1) is 14.7. The Morgan fingerprint density at radius 1 is 1.33 bits per heavy atom. The Hall–Kier alpha value is -2.83. The van der Waals surface area contributed by atoms with Crippen molar-refractivity contribution < 1.29 is 0 Å². The largest absolute Gasteiger partial charge is 0.378 e. The Balaban J connectivity index is 1.74. The third-order valence-corrected chi connectivity index (χ3v) is 4.60. The fourth-order valence-corrected chi connectivity index (χ4v) is 3.35. The fraction of sp³-hybridized carbons (Fsp3) is 0.353. The van der Waals surface area contributed by atoms with Crippen LogP contribution in [0.4, 0.5) is 11.6 Å². The van der Waals surface area contributed by atoms with Gasteiger partial charge in [0.15, 0.2) is 5.65 Å². The van der Waals surface area contributed by atoms with Crippen molar-refractivity contribution in [1.82, 2.24) is 20.2 Å². The van der Waals surface area contributed by atoms with Crippen molar-refractivity contribution in [2.45, 2.75) is 18.9 Å². The van der Waals surface area contributed by atoms with E-state index in [-0.39, 0.29) is 11.6 Å². The third kappa shape index (κ3) is 2.42. The van der Waals surface area contributed by atoms with Gasteiger partial charge in [0, 0.05) is 26.3 Å². The maximum atomic E-state index is 12.2. The van der Waals surface area contributed by atoms with E-state index in [0.717, 1.165) is 19.4 Å². The quantitative estimate of drug-likeness (QED) is 0.771. The average Bonchev–Trinajstić information content (AvgIpc) is 3.24. The second kappa shape index (κ2) is 5.67. The highest BCUT2D eigenvalue weighted by atomic mass is 16.1. The summed E-state index contributed by atoms with van der Waals surface area (Å²) in [5.74, 6) is 0.606. The molecule has 0 bridgehead atoms. The van der Waals surface area contributed by atoms with E-state index in [2.05, 4.69) is 54.2 Å². The first-order valence-corrected chi connectivity index (χ1v) is 8.11. The number of aromatic nitrogens is 4. The van der Waals surface area contributed by atoms with Gasteiger partial charge in [0.05, 0.1) is 12.2 Å². The van der Waals surface area contributed by atoms with Crippen molar-refractivity contribution in [2.24, 2.45) is 0 Å². The van der Waals surface area contributed by atoms with Crippen LogP contribution in [-0.4, -0.2) is 40.8 Å². The van der Waals surface area contributed by atoms with Gasteiger partial charge >= 0.3 is 0 Å². The topological polar surface area (TPSA) is 80.9 Å². The van der Waals surface area contributed by atoms with E-state index < -0.39 is 0 Å². The van der Waals surface area contributed by atoms with Crippen LogP contribution in [0.3, 0.4) is 0 Å². The van der Waals surface area contributed by atoms with Gasteiger partial charge in [-0.1, -0.05) is 12.1 Å². The summed E-state index contributed by atoms with van der Waals surface area (Å²) in [6.07, 6.45) is 3.62. The van der Waals surface area contributed by atoms with Gasteiger partial charge in [-0.3, -0.25) is 14.9 Å². The fourth-order valence-electron chi connectivity index (χ4n) is 3.35. The molecule has 1 aliphatic heterocycles. The van der Waals surface area contributed by atoms with E-state index in [0.29, 0.717) is 17.0 Å². The molecule has 24 heavy (non-hydrogen) atoms. The van der Waals surface area contributed by atoms with Crippen LogP contribution in [0.5, 0.6) is 0 Å². The van der Waals surface area contributed by atoms with Crippen molar-refractivity contribution >= 4 is 22.7 Å². The number of nitrogens with zero attached hydrogens (tertiary/aromatic N) is 4. The van der Waals surface area contributed by atoms with Crippen molar-refractivity contribution in [2.75, 3.05) is 30.4 Å². The number of fused-ring (bicyclic) bond motifs is 1. The van der Waals surface area contributed by atoms with Gasteiger partial charge in [-0.2, -0.15) is 10.1 Å². The number of rotatable bonds is 3. The minimum Gasteiger partial charge on any atom is -0.378 e. The molecule has 7 heteroatoms. The van der Waals surface area contributed by atoms with Crippen LogP contribution in [0.15, 0.2) is 35.3 Å². The summed E-state index contributed by atoms with van der Waals surface area (Å²) in [7, 11) is 4.08. The van der Waals surface area contributed by atoms with Crippen LogP contribution in [0.25, 0.3) is 11.0 Å². The maximum Gasteiger partial charge on any atom is 0.263 e. The highest BCUT2D eigenvalue weighted by molar-refractivity contribution is 5.73. The summed E-state index contributed by atoms with van der Waals surface area (Å²) in [6.45, 7) is 0.874. The molecule has 1 aliphatic rings. The summed E-state index contributed by atoms with van der Waals surface area (Å²) >= 11 is 0. The van der Waals surface area contributed by atoms with Gasteiger partial charge < -0.3 is 9.80 Å². The predicted octanol–water partition coefficient (Wildman–Crippen LogP) is 2.05. The number of benzene rings is 1. The molecule has 1 saturated heterocycles. The molecule has 0 aliphatic carbocycles. The molecule has 1 aromatic carbocycles. The van der Waals surface area contributed by atoms with E-state index in [9.17, 15) is 4.79 Å². The Labute approximate surface area is 139 Å². The van der Waals surface area contributed by atoms with Crippen LogP contribution in [0, 0.1) is 0 Å². The second-order valence-electron chi connectivity index (χ2n) is 6.36.